The van der Waals surface area contributed by atoms with E-state index in [-0.39, 0.29) is 49.1 Å². The van der Waals surface area contributed by atoms with Gasteiger partial charge in [0.05, 0.1) is 4.47 Å². The summed E-state index contributed by atoms with van der Waals surface area (Å²) in [4.78, 5) is 2.70. The number of benzene rings is 1. The number of nitrogens with zero attached hydrogens (tertiary/aromatic N) is 4. The Morgan fingerprint density at radius 3 is 2.33 bits per heavy atom. The molecule has 2 rings (SSSR count). The summed E-state index contributed by atoms with van der Waals surface area (Å²) in [5.74, 6) is -2.21. The minimum Gasteiger partial charge on any atom is -0.378 e. The monoisotopic (exact) mass is 501 g/mol. The minimum absolute atomic E-state index is 0.0253. The van der Waals surface area contributed by atoms with E-state index in [1.54, 1.807) is 4.90 Å². The predicted molar refractivity (Wildman–Crippen MR) is 109 cm³/mol. The van der Waals surface area contributed by atoms with Gasteiger partial charge in [-0.1, -0.05) is 0 Å². The molecular weight excluding hydrogens is 477 g/mol. The lowest BCUT2D eigenvalue weighted by molar-refractivity contribution is -0.0748. The average Bonchev–Trinajstić information content (AvgIpc) is 2.70. The third kappa shape index (κ3) is 7.56. The van der Waals surface area contributed by atoms with Crippen molar-refractivity contribution >= 4 is 28.5 Å². The number of amidine groups is 1. The molecule has 6 nitrogen and oxygen atoms in total. The van der Waals surface area contributed by atoms with Crippen LogP contribution in [-0.2, 0) is 6.42 Å². The van der Waals surface area contributed by atoms with Crippen molar-refractivity contribution in [2.75, 3.05) is 33.2 Å². The van der Waals surface area contributed by atoms with Crippen molar-refractivity contribution in [2.24, 2.45) is 15.9 Å². The van der Waals surface area contributed by atoms with Crippen molar-refractivity contribution in [3.8, 4) is 0 Å². The van der Waals surface area contributed by atoms with Gasteiger partial charge in [-0.2, -0.15) is 18.3 Å². The molecule has 1 atom stereocenters. The SMILES string of the molecule is C=N/N=C(\N1CCN(C(O)CCCc2cc(F)c(Br)cc2F)CC1)C(F)(F)F.CN. The van der Waals surface area contributed by atoms with Crippen LogP contribution >= 0.6 is 15.9 Å². The zero-order valence-electron chi connectivity index (χ0n) is 16.5. The van der Waals surface area contributed by atoms with Crippen LogP contribution in [0.4, 0.5) is 22.0 Å². The van der Waals surface area contributed by atoms with Crippen molar-refractivity contribution in [3.05, 3.63) is 33.8 Å². The maximum atomic E-state index is 13.8. The van der Waals surface area contributed by atoms with Crippen LogP contribution in [0.3, 0.4) is 0 Å². The molecule has 0 spiro atoms. The first kappa shape index (κ1) is 26.4. The molecule has 1 aromatic carbocycles. The van der Waals surface area contributed by atoms with E-state index >= 15 is 0 Å². The molecule has 1 fully saturated rings. The summed E-state index contributed by atoms with van der Waals surface area (Å²) in [5, 5.41) is 16.3. The molecule has 1 aliphatic rings. The Bertz CT molecular complexity index is 724. The second-order valence-electron chi connectivity index (χ2n) is 6.32. The predicted octanol–water partition coefficient (Wildman–Crippen LogP) is 3.14. The van der Waals surface area contributed by atoms with Gasteiger partial charge in [-0.15, -0.1) is 5.10 Å². The first-order valence-corrected chi connectivity index (χ1v) is 9.92. The quantitative estimate of drug-likeness (QED) is 0.206. The highest BCUT2D eigenvalue weighted by Crippen LogP contribution is 2.23. The summed E-state index contributed by atoms with van der Waals surface area (Å²) in [6, 6.07) is 2.16. The molecular formula is C18H25BrF5N5O. The Morgan fingerprint density at radius 2 is 1.80 bits per heavy atom. The van der Waals surface area contributed by atoms with Gasteiger partial charge in [0.25, 0.3) is 0 Å². The molecule has 1 unspecified atom stereocenters. The van der Waals surface area contributed by atoms with E-state index in [1.807, 2.05) is 0 Å². The van der Waals surface area contributed by atoms with E-state index in [9.17, 15) is 27.1 Å². The molecule has 1 aliphatic heterocycles. The number of halogens is 6. The Hall–Kier alpha value is -1.63. The molecule has 0 radical (unpaired) electrons. The third-order valence-corrected chi connectivity index (χ3v) is 5.06. The first-order valence-electron chi connectivity index (χ1n) is 9.12. The maximum absolute atomic E-state index is 13.8. The highest BCUT2D eigenvalue weighted by molar-refractivity contribution is 9.10. The molecule has 0 saturated carbocycles. The van der Waals surface area contributed by atoms with E-state index in [4.69, 9.17) is 0 Å². The minimum atomic E-state index is -4.63. The van der Waals surface area contributed by atoms with Gasteiger partial charge in [0.1, 0.15) is 17.9 Å². The van der Waals surface area contributed by atoms with Crippen LogP contribution in [-0.4, -0.2) is 73.1 Å². The van der Waals surface area contributed by atoms with Crippen LogP contribution in [0.2, 0.25) is 0 Å². The number of piperazine rings is 1. The van der Waals surface area contributed by atoms with Crippen LogP contribution < -0.4 is 5.73 Å². The van der Waals surface area contributed by atoms with Gasteiger partial charge in [0, 0.05) is 32.9 Å². The standard InChI is InChI=1S/C17H20BrF5N4O.CH5N/c1-24-25-16(17(21,22)23)27-7-5-26(6-8-27)15(28)4-2-3-11-9-14(20)12(18)10-13(11)19;1-2/h9-10,15,28H,1-8H2;2H2,1H3/b25-16-;. The zero-order valence-corrected chi connectivity index (χ0v) is 18.1. The fraction of sp³-hybridized carbons (Fsp3) is 0.556. The fourth-order valence-electron chi connectivity index (χ4n) is 3.01. The highest BCUT2D eigenvalue weighted by Gasteiger charge is 2.41. The number of alkyl halides is 3. The summed E-state index contributed by atoms with van der Waals surface area (Å²) >= 11 is 2.91. The molecule has 30 heavy (non-hydrogen) atoms. The van der Waals surface area contributed by atoms with Crippen LogP contribution in [0.1, 0.15) is 18.4 Å². The Balaban J connectivity index is 0.00000218. The lowest BCUT2D eigenvalue weighted by atomic mass is 10.1. The van der Waals surface area contributed by atoms with Crippen molar-refractivity contribution in [3.63, 3.8) is 0 Å². The van der Waals surface area contributed by atoms with Gasteiger partial charge in [-0.25, -0.2) is 8.78 Å². The molecule has 0 bridgehead atoms. The normalized spacial score (nSPS) is 16.7. The second kappa shape index (κ2) is 12.3. The Kier molecular flexibility index (Phi) is 10.8. The smallest absolute Gasteiger partial charge is 0.378 e. The molecule has 0 amide bonds. The number of nitrogens with two attached hydrogens (primary N) is 1. The summed E-state index contributed by atoms with van der Waals surface area (Å²) < 4.78 is 66.3. The van der Waals surface area contributed by atoms with Crippen LogP contribution in [0.25, 0.3) is 0 Å². The third-order valence-electron chi connectivity index (χ3n) is 4.45. The number of aliphatic hydroxyl groups is 1. The Morgan fingerprint density at radius 1 is 1.20 bits per heavy atom. The van der Waals surface area contributed by atoms with Gasteiger partial charge in [-0.05, 0) is 59.9 Å². The topological polar surface area (TPSA) is 77.5 Å². The van der Waals surface area contributed by atoms with Crippen molar-refractivity contribution in [1.29, 1.82) is 0 Å². The summed E-state index contributed by atoms with van der Waals surface area (Å²) in [7, 11) is 1.50. The van der Waals surface area contributed by atoms with Crippen molar-refractivity contribution in [1.82, 2.24) is 9.80 Å². The fourth-order valence-corrected chi connectivity index (χ4v) is 3.33. The lowest BCUT2D eigenvalue weighted by Crippen LogP contribution is -2.54. The van der Waals surface area contributed by atoms with Gasteiger partial charge >= 0.3 is 6.18 Å². The molecule has 1 heterocycles. The molecule has 0 aliphatic carbocycles. The molecule has 170 valence electrons. The van der Waals surface area contributed by atoms with E-state index in [0.29, 0.717) is 6.42 Å². The molecule has 1 aromatic rings. The molecule has 12 heteroatoms. The van der Waals surface area contributed by atoms with Crippen molar-refractivity contribution < 1.29 is 27.1 Å². The highest BCUT2D eigenvalue weighted by atomic mass is 79.9. The summed E-state index contributed by atoms with van der Waals surface area (Å²) in [5.41, 5.74) is 4.71. The van der Waals surface area contributed by atoms with E-state index in [1.165, 1.54) is 7.05 Å². The molecule has 1 saturated heterocycles. The summed E-state index contributed by atoms with van der Waals surface area (Å²) in [6.45, 7) is 3.42. The Labute approximate surface area is 180 Å². The second-order valence-corrected chi connectivity index (χ2v) is 7.17. The molecule has 0 aromatic heterocycles. The van der Waals surface area contributed by atoms with Gasteiger partial charge in [0.15, 0.2) is 0 Å². The number of aliphatic hydroxyl groups excluding tert-OH is 1. The number of aryl methyl sites for hydroxylation is 1. The van der Waals surface area contributed by atoms with E-state index in [2.05, 4.69) is 38.6 Å². The number of hydrogen-bond acceptors (Lipinski definition) is 5. The van der Waals surface area contributed by atoms with Crippen LogP contribution in [0.15, 0.2) is 26.8 Å². The van der Waals surface area contributed by atoms with Crippen molar-refractivity contribution in [2.45, 2.75) is 31.7 Å². The summed E-state index contributed by atoms with van der Waals surface area (Å²) in [6.07, 6.45) is -4.59. The van der Waals surface area contributed by atoms with Gasteiger partial charge in [0.2, 0.25) is 5.84 Å². The zero-order chi connectivity index (χ0) is 22.9. The lowest BCUT2D eigenvalue weighted by Gasteiger charge is -2.38. The largest absolute Gasteiger partial charge is 0.451 e. The van der Waals surface area contributed by atoms with Crippen LogP contribution in [0, 0.1) is 11.6 Å². The first-order chi connectivity index (χ1) is 14.1. The maximum Gasteiger partial charge on any atom is 0.451 e. The average molecular weight is 502 g/mol. The van der Waals surface area contributed by atoms with Gasteiger partial charge < -0.3 is 15.7 Å². The number of rotatable bonds is 6. The van der Waals surface area contributed by atoms with E-state index < -0.39 is 29.9 Å². The van der Waals surface area contributed by atoms with Gasteiger partial charge in [-0.3, -0.25) is 4.90 Å². The van der Waals surface area contributed by atoms with Crippen LogP contribution in [0.5, 0.6) is 0 Å². The number of hydrogen-bond donors (Lipinski definition) is 2. The molecule has 3 N–H and O–H groups in total. The van der Waals surface area contributed by atoms with E-state index in [0.717, 1.165) is 17.0 Å².